The van der Waals surface area contributed by atoms with Gasteiger partial charge in [0.1, 0.15) is 4.21 Å². The van der Waals surface area contributed by atoms with Gasteiger partial charge in [0.2, 0.25) is 0 Å². The van der Waals surface area contributed by atoms with E-state index in [2.05, 4.69) is 15.9 Å². The van der Waals surface area contributed by atoms with Gasteiger partial charge in [-0.05, 0) is 41.8 Å². The summed E-state index contributed by atoms with van der Waals surface area (Å²) in [5.41, 5.74) is -1.04. The predicted molar refractivity (Wildman–Crippen MR) is 80.8 cm³/mol. The van der Waals surface area contributed by atoms with Crippen LogP contribution in [-0.4, -0.2) is 36.9 Å². The zero-order valence-electron chi connectivity index (χ0n) is 10.6. The number of sulfonamides is 1. The average Bonchev–Trinajstić information content (AvgIpc) is 2.70. The maximum absolute atomic E-state index is 12.5. The molecular formula is C11H13BrClNO4S2. The van der Waals surface area contributed by atoms with Crippen LogP contribution in [0.4, 0.5) is 0 Å². The fraction of sp³-hybridized carbons (Fsp3) is 0.545. The third-order valence-corrected chi connectivity index (χ3v) is 8.16. The van der Waals surface area contributed by atoms with E-state index in [9.17, 15) is 18.3 Å². The minimum atomic E-state index is -3.69. The number of hydrogen-bond donors (Lipinski definition) is 1. The van der Waals surface area contributed by atoms with Crippen LogP contribution in [-0.2, 0) is 14.8 Å². The molecule has 5 nitrogen and oxygen atoms in total. The van der Waals surface area contributed by atoms with Crippen molar-refractivity contribution in [1.29, 1.82) is 0 Å². The zero-order chi connectivity index (χ0) is 15.1. The Hall–Kier alpha value is -0.150. The van der Waals surface area contributed by atoms with Gasteiger partial charge in [-0.25, -0.2) is 8.42 Å². The topological polar surface area (TPSA) is 74.7 Å². The van der Waals surface area contributed by atoms with E-state index in [1.165, 1.54) is 10.4 Å². The Bertz CT molecular complexity index is 625. The van der Waals surface area contributed by atoms with E-state index in [0.717, 1.165) is 11.3 Å². The molecule has 1 saturated heterocycles. The molecule has 1 aromatic heterocycles. The molecule has 1 atom stereocenters. The lowest BCUT2D eigenvalue weighted by Gasteiger charge is -2.36. The summed E-state index contributed by atoms with van der Waals surface area (Å²) in [5, 5.41) is 9.59. The van der Waals surface area contributed by atoms with Crippen LogP contribution >= 0.6 is 38.9 Å². The lowest BCUT2D eigenvalue weighted by atomic mass is 9.83. The highest BCUT2D eigenvalue weighted by Crippen LogP contribution is 2.38. The van der Waals surface area contributed by atoms with Gasteiger partial charge < -0.3 is 5.11 Å². The highest BCUT2D eigenvalue weighted by Gasteiger charge is 2.42. The molecule has 1 aliphatic heterocycles. The van der Waals surface area contributed by atoms with Crippen LogP contribution in [0.2, 0.25) is 5.02 Å². The van der Waals surface area contributed by atoms with Crippen LogP contribution in [0.1, 0.15) is 19.8 Å². The van der Waals surface area contributed by atoms with Crippen LogP contribution < -0.4 is 0 Å². The Morgan fingerprint density at radius 1 is 1.60 bits per heavy atom. The molecule has 0 bridgehead atoms. The lowest BCUT2D eigenvalue weighted by molar-refractivity contribution is -0.150. The number of thiophene rings is 1. The van der Waals surface area contributed by atoms with Crippen molar-refractivity contribution in [2.45, 2.75) is 24.0 Å². The molecule has 2 rings (SSSR count). The van der Waals surface area contributed by atoms with Gasteiger partial charge in [0, 0.05) is 13.1 Å². The first-order chi connectivity index (χ1) is 9.17. The van der Waals surface area contributed by atoms with E-state index >= 15 is 0 Å². The summed E-state index contributed by atoms with van der Waals surface area (Å²) in [6.07, 6.45) is 1.01. The average molecular weight is 403 g/mol. The van der Waals surface area contributed by atoms with Crippen molar-refractivity contribution in [3.63, 3.8) is 0 Å². The second-order valence-corrected chi connectivity index (χ2v) is 9.94. The third kappa shape index (κ3) is 2.89. The molecule has 2 heterocycles. The van der Waals surface area contributed by atoms with Gasteiger partial charge in [0.15, 0.2) is 0 Å². The van der Waals surface area contributed by atoms with Gasteiger partial charge >= 0.3 is 5.97 Å². The summed E-state index contributed by atoms with van der Waals surface area (Å²) in [5.74, 6) is -0.970. The normalized spacial score (nSPS) is 24.8. The maximum atomic E-state index is 12.5. The molecule has 1 fully saturated rings. The summed E-state index contributed by atoms with van der Waals surface area (Å²) in [4.78, 5) is 11.3. The molecule has 0 radical (unpaired) electrons. The van der Waals surface area contributed by atoms with Crippen LogP contribution in [0.5, 0.6) is 0 Å². The van der Waals surface area contributed by atoms with Crippen LogP contribution in [0.25, 0.3) is 0 Å². The first-order valence-corrected chi connectivity index (χ1v) is 9.28. The molecule has 1 aliphatic rings. The van der Waals surface area contributed by atoms with Crippen molar-refractivity contribution in [2.75, 3.05) is 13.1 Å². The zero-order valence-corrected chi connectivity index (χ0v) is 14.6. The number of aliphatic carboxylic acids is 1. The van der Waals surface area contributed by atoms with E-state index in [4.69, 9.17) is 11.6 Å². The van der Waals surface area contributed by atoms with E-state index < -0.39 is 21.4 Å². The van der Waals surface area contributed by atoms with Crippen molar-refractivity contribution in [3.8, 4) is 0 Å². The summed E-state index contributed by atoms with van der Waals surface area (Å²) in [7, 11) is -3.69. The Kier molecular flexibility index (Phi) is 4.52. The Balaban J connectivity index is 2.32. The fourth-order valence-corrected chi connectivity index (χ4v) is 6.31. The molecular weight excluding hydrogens is 390 g/mol. The molecule has 20 heavy (non-hydrogen) atoms. The first kappa shape index (κ1) is 16.2. The predicted octanol–water partition coefficient (Wildman–Crippen LogP) is 3.04. The van der Waals surface area contributed by atoms with Gasteiger partial charge in [-0.2, -0.15) is 4.31 Å². The van der Waals surface area contributed by atoms with Crippen molar-refractivity contribution >= 4 is 54.9 Å². The summed E-state index contributed by atoms with van der Waals surface area (Å²) in [6, 6.07) is 1.39. The number of nitrogens with zero attached hydrogens (tertiary/aromatic N) is 1. The van der Waals surface area contributed by atoms with Gasteiger partial charge in [-0.3, -0.25) is 4.79 Å². The molecule has 9 heteroatoms. The van der Waals surface area contributed by atoms with Gasteiger partial charge in [0.25, 0.3) is 10.0 Å². The number of piperidine rings is 1. The van der Waals surface area contributed by atoms with Crippen molar-refractivity contribution in [1.82, 2.24) is 4.31 Å². The quantitative estimate of drug-likeness (QED) is 0.843. The van der Waals surface area contributed by atoms with E-state index in [0.29, 0.717) is 28.2 Å². The lowest BCUT2D eigenvalue weighted by Crippen LogP contribution is -2.48. The molecule has 0 aromatic carbocycles. The number of halogens is 2. The van der Waals surface area contributed by atoms with Crippen molar-refractivity contribution in [2.24, 2.45) is 5.41 Å². The largest absolute Gasteiger partial charge is 0.481 e. The minimum Gasteiger partial charge on any atom is -0.481 e. The van der Waals surface area contributed by atoms with E-state index in [1.807, 2.05) is 0 Å². The standard InChI is InChI=1S/C11H13BrClNO4S2/c1-11(10(15)16)3-2-4-14(6-11)20(17,18)8-5-7(13)9(12)19-8/h5H,2-4,6H2,1H3,(H,15,16). The molecule has 0 spiro atoms. The number of rotatable bonds is 3. The molecule has 0 amide bonds. The molecule has 112 valence electrons. The van der Waals surface area contributed by atoms with E-state index in [-0.39, 0.29) is 10.8 Å². The first-order valence-electron chi connectivity index (χ1n) is 5.85. The fourth-order valence-electron chi connectivity index (χ4n) is 2.15. The van der Waals surface area contributed by atoms with E-state index in [1.54, 1.807) is 6.92 Å². The van der Waals surface area contributed by atoms with Gasteiger partial charge in [-0.15, -0.1) is 11.3 Å². The Morgan fingerprint density at radius 2 is 2.25 bits per heavy atom. The number of carboxylic acid groups (broad SMARTS) is 1. The minimum absolute atomic E-state index is 0.0161. The number of carbonyl (C=O) groups is 1. The SMILES string of the molecule is CC1(C(=O)O)CCCN(S(=O)(=O)c2cc(Cl)c(Br)s2)C1. The van der Waals surface area contributed by atoms with Crippen LogP contribution in [0.15, 0.2) is 14.1 Å². The monoisotopic (exact) mass is 401 g/mol. The van der Waals surface area contributed by atoms with Crippen LogP contribution in [0, 0.1) is 5.41 Å². The number of carboxylic acids is 1. The Labute approximate surface area is 134 Å². The smallest absolute Gasteiger partial charge is 0.310 e. The Morgan fingerprint density at radius 3 is 2.75 bits per heavy atom. The second-order valence-electron chi connectivity index (χ2n) is 5.00. The molecule has 1 unspecified atom stereocenters. The summed E-state index contributed by atoms with van der Waals surface area (Å²) < 4.78 is 27.0. The second kappa shape index (κ2) is 5.57. The maximum Gasteiger partial charge on any atom is 0.310 e. The number of hydrogen-bond acceptors (Lipinski definition) is 4. The van der Waals surface area contributed by atoms with Crippen LogP contribution in [0.3, 0.4) is 0 Å². The molecule has 1 N–H and O–H groups in total. The summed E-state index contributed by atoms with van der Waals surface area (Å²) >= 11 is 10.1. The van der Waals surface area contributed by atoms with Gasteiger partial charge in [-0.1, -0.05) is 11.6 Å². The van der Waals surface area contributed by atoms with Crippen molar-refractivity contribution in [3.05, 3.63) is 14.9 Å². The highest BCUT2D eigenvalue weighted by molar-refractivity contribution is 9.11. The molecule has 0 saturated carbocycles. The van der Waals surface area contributed by atoms with Crippen molar-refractivity contribution < 1.29 is 18.3 Å². The third-order valence-electron chi connectivity index (χ3n) is 3.39. The molecule has 0 aliphatic carbocycles. The highest BCUT2D eigenvalue weighted by atomic mass is 79.9. The van der Waals surface area contributed by atoms with Gasteiger partial charge in [0.05, 0.1) is 14.2 Å². The summed E-state index contributed by atoms with van der Waals surface area (Å²) in [6.45, 7) is 1.89. The molecule has 1 aromatic rings.